The van der Waals surface area contributed by atoms with E-state index in [9.17, 15) is 13.2 Å². The highest BCUT2D eigenvalue weighted by atomic mass is 32.1. The molecule has 1 N–H and O–H groups in total. The molecule has 0 aliphatic rings. The van der Waals surface area contributed by atoms with Crippen molar-refractivity contribution in [2.24, 2.45) is 0 Å². The Hall–Kier alpha value is -1.89. The summed E-state index contributed by atoms with van der Waals surface area (Å²) >= 11 is 1.66. The molecule has 0 spiro atoms. The minimum absolute atomic E-state index is 0.199. The van der Waals surface area contributed by atoms with E-state index >= 15 is 0 Å². The van der Waals surface area contributed by atoms with Gasteiger partial charge in [-0.1, -0.05) is 111 Å². The molecule has 0 saturated carbocycles. The maximum absolute atomic E-state index is 14.4. The predicted octanol–water partition coefficient (Wildman–Crippen LogP) is 11.6. The van der Waals surface area contributed by atoms with Crippen LogP contribution >= 0.6 is 11.3 Å². The first-order valence-electron chi connectivity index (χ1n) is 16.0. The summed E-state index contributed by atoms with van der Waals surface area (Å²) < 4.78 is 43.2. The van der Waals surface area contributed by atoms with E-state index in [1.165, 1.54) is 69.1 Å². The van der Waals surface area contributed by atoms with Crippen molar-refractivity contribution in [2.45, 2.75) is 149 Å². The van der Waals surface area contributed by atoms with E-state index in [1.54, 1.807) is 11.3 Å². The van der Waals surface area contributed by atoms with E-state index in [1.807, 2.05) is 11.4 Å². The number of unbranched alkanes of at least 4 members (excludes halogenated alkanes) is 14. The number of alkyl halides is 3. The SMILES string of the molecule is CCCCCCCCCCc1c(C(F)(F)F)nc2nc(-c3ccsc3CC)[nH]c2c1CCCCCCCCCC. The van der Waals surface area contributed by atoms with Gasteiger partial charge in [-0.05, 0) is 54.7 Å². The van der Waals surface area contributed by atoms with E-state index in [-0.39, 0.29) is 5.65 Å². The molecule has 0 atom stereocenters. The van der Waals surface area contributed by atoms with Crippen molar-refractivity contribution in [3.63, 3.8) is 0 Å². The highest BCUT2D eigenvalue weighted by molar-refractivity contribution is 7.10. The fourth-order valence-electron chi connectivity index (χ4n) is 5.73. The molecule has 0 radical (unpaired) electrons. The molecular formula is C33H50F3N3S. The number of hydrogen-bond acceptors (Lipinski definition) is 3. The van der Waals surface area contributed by atoms with Gasteiger partial charge < -0.3 is 4.98 Å². The molecule has 40 heavy (non-hydrogen) atoms. The number of aromatic nitrogens is 3. The third-order valence-corrected chi connectivity index (χ3v) is 9.07. The van der Waals surface area contributed by atoms with Crippen LogP contribution in [0.2, 0.25) is 0 Å². The highest BCUT2D eigenvalue weighted by Gasteiger charge is 2.37. The first-order chi connectivity index (χ1) is 19.4. The van der Waals surface area contributed by atoms with Gasteiger partial charge in [0.05, 0.1) is 5.52 Å². The number of thiophene rings is 1. The van der Waals surface area contributed by atoms with E-state index in [0.717, 1.165) is 56.1 Å². The van der Waals surface area contributed by atoms with Crippen LogP contribution in [0.5, 0.6) is 0 Å². The van der Waals surface area contributed by atoms with E-state index < -0.39 is 11.9 Å². The van der Waals surface area contributed by atoms with Gasteiger partial charge in [-0.3, -0.25) is 0 Å². The zero-order valence-corrected chi connectivity index (χ0v) is 25.8. The molecule has 0 aliphatic heterocycles. The van der Waals surface area contributed by atoms with Crippen molar-refractivity contribution in [1.82, 2.24) is 15.0 Å². The number of H-pyrrole nitrogens is 1. The minimum Gasteiger partial charge on any atom is -0.336 e. The summed E-state index contributed by atoms with van der Waals surface area (Å²) in [5.41, 5.74) is 2.33. The summed E-state index contributed by atoms with van der Waals surface area (Å²) in [4.78, 5) is 13.4. The van der Waals surface area contributed by atoms with E-state index in [4.69, 9.17) is 0 Å². The molecule has 0 fully saturated rings. The molecule has 0 aromatic carbocycles. The number of nitrogens with one attached hydrogen (secondary N) is 1. The number of pyridine rings is 1. The standard InChI is InChI=1S/C33H50F3N3S/c1-4-7-9-11-13-15-17-19-21-25-26(22-20-18-16-14-12-10-8-5-2)30(33(34,35)36)38-32-29(25)37-31(39-32)27-23-24-40-28(27)6-3/h23-24H,4-22H2,1-3H3,(H,37,38,39). The Balaban J connectivity index is 1.84. The van der Waals surface area contributed by atoms with Gasteiger partial charge in [0.15, 0.2) is 11.3 Å². The molecule has 3 nitrogen and oxygen atoms in total. The Kier molecular flexibility index (Phi) is 14.0. The molecular weight excluding hydrogens is 527 g/mol. The molecule has 0 saturated heterocycles. The normalized spacial score (nSPS) is 12.2. The number of fused-ring (bicyclic) bond motifs is 1. The van der Waals surface area contributed by atoms with Crippen molar-refractivity contribution in [1.29, 1.82) is 0 Å². The van der Waals surface area contributed by atoms with Crippen molar-refractivity contribution in [3.8, 4) is 11.4 Å². The smallest absolute Gasteiger partial charge is 0.336 e. The van der Waals surface area contributed by atoms with E-state index in [0.29, 0.717) is 29.7 Å². The number of nitrogens with zero attached hydrogens (tertiary/aromatic N) is 2. The van der Waals surface area contributed by atoms with Crippen molar-refractivity contribution < 1.29 is 13.2 Å². The molecule has 0 bridgehead atoms. The fraction of sp³-hybridized carbons (Fsp3) is 0.697. The van der Waals surface area contributed by atoms with Gasteiger partial charge in [-0.2, -0.15) is 13.2 Å². The van der Waals surface area contributed by atoms with Gasteiger partial charge in [0.25, 0.3) is 0 Å². The predicted molar refractivity (Wildman–Crippen MR) is 164 cm³/mol. The third-order valence-electron chi connectivity index (χ3n) is 8.01. The monoisotopic (exact) mass is 577 g/mol. The van der Waals surface area contributed by atoms with Gasteiger partial charge in [-0.15, -0.1) is 11.3 Å². The largest absolute Gasteiger partial charge is 0.433 e. The van der Waals surface area contributed by atoms with Gasteiger partial charge in [-0.25, -0.2) is 9.97 Å². The second kappa shape index (κ2) is 17.2. The number of halogens is 3. The summed E-state index contributed by atoms with van der Waals surface area (Å²) in [5, 5.41) is 2.02. The Morgan fingerprint density at radius 2 is 1.23 bits per heavy atom. The van der Waals surface area contributed by atoms with Crippen LogP contribution in [0.3, 0.4) is 0 Å². The first kappa shape index (κ1) is 32.6. The first-order valence-corrected chi connectivity index (χ1v) is 16.8. The van der Waals surface area contributed by atoms with Crippen molar-refractivity contribution in [2.75, 3.05) is 0 Å². The van der Waals surface area contributed by atoms with Crippen molar-refractivity contribution in [3.05, 3.63) is 33.1 Å². The average molecular weight is 578 g/mol. The number of rotatable bonds is 20. The summed E-state index contributed by atoms with van der Waals surface area (Å²) in [6.07, 6.45) is 15.7. The second-order valence-electron chi connectivity index (χ2n) is 11.3. The maximum Gasteiger partial charge on any atom is 0.433 e. The number of aryl methyl sites for hydroxylation is 2. The summed E-state index contributed by atoms with van der Waals surface area (Å²) in [6, 6.07) is 2.01. The quantitative estimate of drug-likeness (QED) is 0.136. The van der Waals surface area contributed by atoms with Crippen LogP contribution in [0.4, 0.5) is 13.2 Å². The molecule has 3 aromatic heterocycles. The lowest BCUT2D eigenvalue weighted by Crippen LogP contribution is -2.15. The van der Waals surface area contributed by atoms with Crippen molar-refractivity contribution >= 4 is 22.5 Å². The Morgan fingerprint density at radius 3 is 1.75 bits per heavy atom. The summed E-state index contributed by atoms with van der Waals surface area (Å²) in [6.45, 7) is 6.52. The zero-order valence-electron chi connectivity index (χ0n) is 25.0. The lowest BCUT2D eigenvalue weighted by atomic mass is 9.94. The van der Waals surface area contributed by atoms with Gasteiger partial charge in [0.2, 0.25) is 0 Å². The fourth-order valence-corrected chi connectivity index (χ4v) is 6.55. The Morgan fingerprint density at radius 1 is 0.700 bits per heavy atom. The molecule has 0 amide bonds. The lowest BCUT2D eigenvalue weighted by Gasteiger charge is -2.17. The molecule has 224 valence electrons. The number of aromatic amines is 1. The number of imidazole rings is 1. The minimum atomic E-state index is -4.49. The summed E-state index contributed by atoms with van der Waals surface area (Å²) in [7, 11) is 0. The number of hydrogen-bond donors (Lipinski definition) is 1. The lowest BCUT2D eigenvalue weighted by molar-refractivity contribution is -0.141. The molecule has 0 aliphatic carbocycles. The molecule has 7 heteroatoms. The zero-order chi connectivity index (χ0) is 28.8. The molecule has 3 aromatic rings. The van der Waals surface area contributed by atoms with Crippen LogP contribution < -0.4 is 0 Å². The Bertz CT molecular complexity index is 1130. The van der Waals surface area contributed by atoms with E-state index in [2.05, 4.69) is 35.7 Å². The van der Waals surface area contributed by atoms with Crippen LogP contribution in [-0.4, -0.2) is 15.0 Å². The molecule has 3 rings (SSSR count). The topological polar surface area (TPSA) is 41.6 Å². The van der Waals surface area contributed by atoms with Gasteiger partial charge in [0.1, 0.15) is 5.82 Å². The third kappa shape index (κ3) is 9.60. The second-order valence-corrected chi connectivity index (χ2v) is 12.3. The van der Waals surface area contributed by atoms with Crippen LogP contribution in [-0.2, 0) is 25.4 Å². The highest BCUT2D eigenvalue weighted by Crippen LogP contribution is 2.37. The van der Waals surface area contributed by atoms with Gasteiger partial charge in [0, 0.05) is 10.4 Å². The average Bonchev–Trinajstić information content (AvgIpc) is 3.58. The van der Waals surface area contributed by atoms with Crippen LogP contribution in [0.15, 0.2) is 11.4 Å². The maximum atomic E-state index is 14.4. The summed E-state index contributed by atoms with van der Waals surface area (Å²) in [5.74, 6) is 0.634. The van der Waals surface area contributed by atoms with Gasteiger partial charge >= 0.3 is 6.18 Å². The van der Waals surface area contributed by atoms with Crippen LogP contribution in [0, 0.1) is 0 Å². The molecule has 3 heterocycles. The molecule has 0 unspecified atom stereocenters. The van der Waals surface area contributed by atoms with Crippen LogP contribution in [0.25, 0.3) is 22.6 Å². The Labute approximate surface area is 243 Å². The van der Waals surface area contributed by atoms with Crippen LogP contribution in [0.1, 0.15) is 145 Å².